The Morgan fingerprint density at radius 2 is 1.66 bits per heavy atom. The predicted molar refractivity (Wildman–Crippen MR) is 123 cm³/mol. The van der Waals surface area contributed by atoms with Crippen LogP contribution in [0.1, 0.15) is 52.4 Å². The van der Waals surface area contributed by atoms with Crippen LogP contribution in [0.2, 0.25) is 0 Å². The fraction of sp³-hybridized carbons (Fsp3) is 0.591. The summed E-state index contributed by atoms with van der Waals surface area (Å²) in [5.74, 6) is -1.06. The van der Waals surface area contributed by atoms with E-state index in [1.807, 2.05) is 0 Å². The zero-order chi connectivity index (χ0) is 23.5. The number of carbonyl (C=O) groups excluding carboxylic acids is 3. The molecule has 1 aliphatic carbocycles. The minimum absolute atomic E-state index is 0.00882. The van der Waals surface area contributed by atoms with Crippen LogP contribution in [0.25, 0.3) is 0 Å². The molecule has 0 bridgehead atoms. The molecule has 1 saturated heterocycles. The van der Waals surface area contributed by atoms with Crippen LogP contribution < -0.4 is 15.5 Å². The van der Waals surface area contributed by atoms with Crippen molar-refractivity contribution in [1.82, 2.24) is 9.62 Å². The molecule has 2 fully saturated rings. The lowest BCUT2D eigenvalue weighted by Gasteiger charge is -2.47. The van der Waals surface area contributed by atoms with Crippen molar-refractivity contribution in [2.45, 2.75) is 64.0 Å². The van der Waals surface area contributed by atoms with Crippen LogP contribution in [0.3, 0.4) is 0 Å². The summed E-state index contributed by atoms with van der Waals surface area (Å²) in [5, 5.41) is 5.76. The van der Waals surface area contributed by atoms with Crippen LogP contribution in [0, 0.1) is 0 Å². The molecule has 0 aromatic heterocycles. The first-order valence-electron chi connectivity index (χ1n) is 11.0. The largest absolute Gasteiger partial charge is 0.351 e. The molecule has 0 radical (unpaired) electrons. The molecule has 1 aliphatic heterocycles. The molecule has 0 spiro atoms. The molecule has 1 aromatic rings. The Bertz CT molecular complexity index is 971. The van der Waals surface area contributed by atoms with E-state index < -0.39 is 21.5 Å². The van der Waals surface area contributed by atoms with Gasteiger partial charge in [0.25, 0.3) is 0 Å². The van der Waals surface area contributed by atoms with Gasteiger partial charge in [-0.3, -0.25) is 19.3 Å². The highest BCUT2D eigenvalue weighted by Gasteiger charge is 2.50. The summed E-state index contributed by atoms with van der Waals surface area (Å²) in [6.07, 6.45) is 7.12. The first kappa shape index (κ1) is 24.2. The topological polar surface area (TPSA) is 116 Å². The Kier molecular flexibility index (Phi) is 7.24. The molecule has 1 aromatic carbocycles. The molecule has 1 heterocycles. The van der Waals surface area contributed by atoms with Crippen molar-refractivity contribution in [2.75, 3.05) is 29.6 Å². The highest BCUT2D eigenvalue weighted by molar-refractivity contribution is 7.88. The summed E-state index contributed by atoms with van der Waals surface area (Å²) in [6, 6.07) is 6.61. The van der Waals surface area contributed by atoms with Crippen molar-refractivity contribution >= 4 is 39.1 Å². The molecule has 2 aliphatic rings. The van der Waals surface area contributed by atoms with Crippen molar-refractivity contribution in [3.63, 3.8) is 0 Å². The SMILES string of the molecule is CC(=O)Nc1ccc(N2C(=O)CN(S(C)(=O)=O)C[C@@]2(C)C(=O)NC2CCCCCC2)cc1. The third-order valence-corrected chi connectivity index (χ3v) is 7.33. The molecule has 3 amide bonds. The number of piperazine rings is 1. The van der Waals surface area contributed by atoms with E-state index >= 15 is 0 Å². The molecule has 3 rings (SSSR count). The summed E-state index contributed by atoms with van der Waals surface area (Å²) in [6.45, 7) is 2.54. The van der Waals surface area contributed by atoms with E-state index in [4.69, 9.17) is 0 Å². The van der Waals surface area contributed by atoms with Crippen LogP contribution >= 0.6 is 0 Å². The summed E-state index contributed by atoms with van der Waals surface area (Å²) in [4.78, 5) is 39.4. The molecular formula is C22H32N4O5S. The maximum Gasteiger partial charge on any atom is 0.247 e. The molecule has 10 heteroatoms. The number of benzene rings is 1. The lowest BCUT2D eigenvalue weighted by Crippen LogP contribution is -2.70. The number of carbonyl (C=O) groups is 3. The zero-order valence-electron chi connectivity index (χ0n) is 18.9. The lowest BCUT2D eigenvalue weighted by atomic mass is 9.93. The summed E-state index contributed by atoms with van der Waals surface area (Å²) in [7, 11) is -3.67. The highest BCUT2D eigenvalue weighted by Crippen LogP contribution is 2.32. The second kappa shape index (κ2) is 9.58. The third kappa shape index (κ3) is 5.47. The first-order valence-corrected chi connectivity index (χ1v) is 12.8. The minimum Gasteiger partial charge on any atom is -0.351 e. The van der Waals surface area contributed by atoms with Gasteiger partial charge in [0.1, 0.15) is 5.54 Å². The van der Waals surface area contributed by atoms with E-state index in [2.05, 4.69) is 10.6 Å². The van der Waals surface area contributed by atoms with E-state index in [-0.39, 0.29) is 30.9 Å². The Morgan fingerprint density at radius 3 is 2.19 bits per heavy atom. The van der Waals surface area contributed by atoms with Crippen molar-refractivity contribution in [1.29, 1.82) is 0 Å². The van der Waals surface area contributed by atoms with Crippen LogP contribution in [-0.4, -0.2) is 61.4 Å². The standard InChI is InChI=1S/C22H32N4O5S/c1-16(27)23-18-10-12-19(13-11-18)26-20(28)14-25(32(3,30)31)15-22(26,2)21(29)24-17-8-6-4-5-7-9-17/h10-13,17H,4-9,14-15H2,1-3H3,(H,23,27)(H,24,29)/t22-/m0/s1. The third-order valence-electron chi connectivity index (χ3n) is 6.13. The number of nitrogens with one attached hydrogen (secondary N) is 2. The van der Waals surface area contributed by atoms with Crippen LogP contribution in [-0.2, 0) is 24.4 Å². The maximum atomic E-state index is 13.5. The van der Waals surface area contributed by atoms with Gasteiger partial charge in [-0.2, -0.15) is 4.31 Å². The molecule has 176 valence electrons. The minimum atomic E-state index is -3.67. The van der Waals surface area contributed by atoms with Crippen molar-refractivity contribution in [3.05, 3.63) is 24.3 Å². The summed E-state index contributed by atoms with van der Waals surface area (Å²) < 4.78 is 25.6. The molecule has 0 unspecified atom stereocenters. The van der Waals surface area contributed by atoms with Crippen molar-refractivity contribution in [3.8, 4) is 0 Å². The monoisotopic (exact) mass is 464 g/mol. The molecule has 1 atom stereocenters. The number of sulfonamides is 1. The smallest absolute Gasteiger partial charge is 0.247 e. The van der Waals surface area contributed by atoms with E-state index in [1.165, 1.54) is 11.8 Å². The molecule has 1 saturated carbocycles. The maximum absolute atomic E-state index is 13.5. The van der Waals surface area contributed by atoms with Crippen molar-refractivity contribution < 1.29 is 22.8 Å². The Labute approximate surface area is 189 Å². The van der Waals surface area contributed by atoms with Gasteiger partial charge in [-0.25, -0.2) is 8.42 Å². The Balaban J connectivity index is 1.94. The second-order valence-electron chi connectivity index (χ2n) is 8.92. The Morgan fingerprint density at radius 1 is 1.06 bits per heavy atom. The fourth-order valence-corrected chi connectivity index (χ4v) is 5.30. The highest BCUT2D eigenvalue weighted by atomic mass is 32.2. The van der Waals surface area contributed by atoms with Crippen LogP contribution in [0.4, 0.5) is 11.4 Å². The number of hydrogen-bond acceptors (Lipinski definition) is 5. The van der Waals surface area contributed by atoms with Crippen LogP contribution in [0.5, 0.6) is 0 Å². The van der Waals surface area contributed by atoms with E-state index in [1.54, 1.807) is 31.2 Å². The van der Waals surface area contributed by atoms with E-state index in [9.17, 15) is 22.8 Å². The van der Waals surface area contributed by atoms with Crippen molar-refractivity contribution in [2.24, 2.45) is 0 Å². The molecule has 2 N–H and O–H groups in total. The van der Waals surface area contributed by atoms with Gasteiger partial charge < -0.3 is 10.6 Å². The van der Waals surface area contributed by atoms with Gasteiger partial charge in [0.05, 0.1) is 12.8 Å². The summed E-state index contributed by atoms with van der Waals surface area (Å²) >= 11 is 0. The van der Waals surface area contributed by atoms with Gasteiger partial charge in [0.2, 0.25) is 27.7 Å². The predicted octanol–water partition coefficient (Wildman–Crippen LogP) is 1.85. The number of nitrogens with zero attached hydrogens (tertiary/aromatic N) is 2. The first-order chi connectivity index (χ1) is 15.0. The average molecular weight is 465 g/mol. The summed E-state index contributed by atoms with van der Waals surface area (Å²) in [5.41, 5.74) is -0.385. The number of hydrogen-bond donors (Lipinski definition) is 2. The normalized spacial score (nSPS) is 23.5. The quantitative estimate of drug-likeness (QED) is 0.645. The number of rotatable bonds is 5. The second-order valence-corrected chi connectivity index (χ2v) is 10.9. The fourth-order valence-electron chi connectivity index (χ4n) is 4.47. The van der Waals surface area contributed by atoms with E-state index in [0.29, 0.717) is 11.4 Å². The van der Waals surface area contributed by atoms with Gasteiger partial charge in [-0.1, -0.05) is 25.7 Å². The van der Waals surface area contributed by atoms with Crippen LogP contribution in [0.15, 0.2) is 24.3 Å². The van der Waals surface area contributed by atoms with Gasteiger partial charge in [-0.05, 0) is 44.0 Å². The molecular weight excluding hydrogens is 432 g/mol. The zero-order valence-corrected chi connectivity index (χ0v) is 19.7. The Hall–Kier alpha value is -2.46. The van der Waals surface area contributed by atoms with Gasteiger partial charge in [0.15, 0.2) is 0 Å². The van der Waals surface area contributed by atoms with Gasteiger partial charge in [0, 0.05) is 30.9 Å². The molecule has 32 heavy (non-hydrogen) atoms. The number of anilines is 2. The average Bonchev–Trinajstić information content (AvgIpc) is 2.96. The number of amides is 3. The van der Waals surface area contributed by atoms with E-state index in [0.717, 1.165) is 49.1 Å². The molecule has 9 nitrogen and oxygen atoms in total. The van der Waals surface area contributed by atoms with Gasteiger partial charge in [-0.15, -0.1) is 0 Å². The van der Waals surface area contributed by atoms with Gasteiger partial charge >= 0.3 is 0 Å². The lowest BCUT2D eigenvalue weighted by molar-refractivity contribution is -0.133.